The molecule has 1 atom stereocenters. The van der Waals surface area contributed by atoms with Crippen molar-refractivity contribution >= 4 is 34.4 Å². The molecule has 192 valence electrons. The minimum absolute atomic E-state index is 0.00243. The minimum Gasteiger partial charge on any atom is -0.346 e. The van der Waals surface area contributed by atoms with E-state index in [4.69, 9.17) is 0 Å². The van der Waals surface area contributed by atoms with Gasteiger partial charge in [-0.3, -0.25) is 9.59 Å². The molecule has 9 nitrogen and oxygen atoms in total. The van der Waals surface area contributed by atoms with E-state index in [0.717, 1.165) is 31.8 Å². The van der Waals surface area contributed by atoms with Crippen LogP contribution in [0.3, 0.4) is 0 Å². The number of Topliss-reactive ketones (excluding diaryl/α,β-unsaturated/α-hetero) is 1. The maximum atomic E-state index is 13.2. The number of hydrogen-bond donors (Lipinski definition) is 2. The van der Waals surface area contributed by atoms with E-state index < -0.39 is 0 Å². The minimum atomic E-state index is -0.250. The molecule has 0 fully saturated rings. The number of carbonyl (C=O) groups excluding carboxylic acids is 2. The number of carbonyl (C=O) groups is 2. The van der Waals surface area contributed by atoms with E-state index in [1.165, 1.54) is 11.3 Å². The van der Waals surface area contributed by atoms with E-state index in [0.29, 0.717) is 22.5 Å². The van der Waals surface area contributed by atoms with Gasteiger partial charge in [-0.05, 0) is 55.3 Å². The van der Waals surface area contributed by atoms with Crippen LogP contribution in [0.25, 0.3) is 22.0 Å². The Bertz CT molecular complexity index is 1580. The summed E-state index contributed by atoms with van der Waals surface area (Å²) in [5.74, 6) is 0.0989. The van der Waals surface area contributed by atoms with E-state index >= 15 is 0 Å². The van der Waals surface area contributed by atoms with Gasteiger partial charge in [0.15, 0.2) is 0 Å². The molecule has 3 aromatic heterocycles. The summed E-state index contributed by atoms with van der Waals surface area (Å²) in [7, 11) is 0. The molecule has 0 radical (unpaired) electrons. The monoisotopic (exact) mass is 543 g/mol. The molecule has 0 spiro atoms. The number of nitrogens with one attached hydrogen (secondary N) is 2. The molecule has 38 heavy (non-hydrogen) atoms. The third-order valence-corrected chi connectivity index (χ3v) is 7.89. The SMILES string of the molecule is Cc1nc(C)c(-c2csc(CC(=O)Cc3cc(C(=O)N[C@@H](C)c4ccccc4)cc(-c4nn[nH]n4)c3)n2)s1. The van der Waals surface area contributed by atoms with Crippen molar-refractivity contribution in [3.05, 3.63) is 86.3 Å². The summed E-state index contributed by atoms with van der Waals surface area (Å²) in [4.78, 5) is 36.4. The third-order valence-electron chi connectivity index (χ3n) is 5.94. The molecule has 1 amide bonds. The molecule has 5 aromatic rings. The van der Waals surface area contributed by atoms with Crippen molar-refractivity contribution in [2.45, 2.75) is 39.7 Å². The van der Waals surface area contributed by atoms with E-state index in [1.54, 1.807) is 23.5 Å². The second-order valence-electron chi connectivity index (χ2n) is 8.93. The number of aromatic nitrogens is 6. The number of nitrogens with zero attached hydrogens (tertiary/aromatic N) is 5. The Balaban J connectivity index is 1.34. The molecular formula is C27H25N7O2S2. The number of aromatic amines is 1. The highest BCUT2D eigenvalue weighted by Crippen LogP contribution is 2.31. The predicted octanol–water partition coefficient (Wildman–Crippen LogP) is 4.91. The molecule has 0 aliphatic heterocycles. The number of hydrogen-bond acceptors (Lipinski definition) is 9. The molecule has 0 saturated heterocycles. The summed E-state index contributed by atoms with van der Waals surface area (Å²) in [6.45, 7) is 5.86. The molecular weight excluding hydrogens is 518 g/mol. The summed E-state index contributed by atoms with van der Waals surface area (Å²) in [5.41, 5.74) is 4.52. The number of rotatable bonds is 9. The van der Waals surface area contributed by atoms with Gasteiger partial charge in [-0.2, -0.15) is 5.21 Å². The number of tetrazole rings is 1. The van der Waals surface area contributed by atoms with Gasteiger partial charge in [0.25, 0.3) is 5.91 Å². The fourth-order valence-corrected chi connectivity index (χ4v) is 5.94. The van der Waals surface area contributed by atoms with Gasteiger partial charge in [0.2, 0.25) is 5.82 Å². The standard InChI is InChI=1S/C27H25N7O2S2/c1-15(19-7-5-4-6-8-19)29-27(36)21-10-18(9-20(12-21)26-31-33-34-32-26)11-22(35)13-24-30-23(14-37-24)25-16(2)28-17(3)38-25/h4-10,12,14-15H,11,13H2,1-3H3,(H,29,36)(H,31,32,33,34)/t15-/m0/s1. The fraction of sp³-hybridized carbons (Fsp3) is 0.222. The molecule has 0 saturated carbocycles. The van der Waals surface area contributed by atoms with E-state index in [2.05, 4.69) is 35.9 Å². The Hall–Kier alpha value is -4.09. The lowest BCUT2D eigenvalue weighted by atomic mass is 9.99. The second kappa shape index (κ2) is 11.1. The van der Waals surface area contributed by atoms with Crippen molar-refractivity contribution in [2.24, 2.45) is 0 Å². The topological polar surface area (TPSA) is 126 Å². The summed E-state index contributed by atoms with van der Waals surface area (Å²) >= 11 is 3.07. The summed E-state index contributed by atoms with van der Waals surface area (Å²) in [5, 5.41) is 20.9. The van der Waals surface area contributed by atoms with Gasteiger partial charge in [0.1, 0.15) is 10.8 Å². The number of H-pyrrole nitrogens is 1. The lowest BCUT2D eigenvalue weighted by Gasteiger charge is -2.15. The maximum absolute atomic E-state index is 13.2. The van der Waals surface area contributed by atoms with Crippen LogP contribution < -0.4 is 5.32 Å². The highest BCUT2D eigenvalue weighted by Gasteiger charge is 2.18. The Labute approximate surface area is 227 Å². The Morgan fingerprint density at radius 3 is 2.58 bits per heavy atom. The molecule has 0 aliphatic carbocycles. The summed E-state index contributed by atoms with van der Waals surface area (Å²) in [6.07, 6.45) is 0.355. The van der Waals surface area contributed by atoms with E-state index in [9.17, 15) is 9.59 Å². The number of thiazole rings is 2. The van der Waals surface area contributed by atoms with Gasteiger partial charge in [0, 0.05) is 22.9 Å². The lowest BCUT2D eigenvalue weighted by Crippen LogP contribution is -2.26. The fourth-order valence-electron chi connectivity index (χ4n) is 4.17. The molecule has 2 N–H and O–H groups in total. The largest absolute Gasteiger partial charge is 0.346 e. The van der Waals surface area contributed by atoms with Gasteiger partial charge < -0.3 is 5.32 Å². The molecule has 3 heterocycles. The number of ketones is 1. The van der Waals surface area contributed by atoms with Crippen LogP contribution in [0.4, 0.5) is 0 Å². The van der Waals surface area contributed by atoms with Crippen molar-refractivity contribution < 1.29 is 9.59 Å². The van der Waals surface area contributed by atoms with Gasteiger partial charge in [-0.1, -0.05) is 30.3 Å². The van der Waals surface area contributed by atoms with Crippen molar-refractivity contribution in [3.63, 3.8) is 0 Å². The van der Waals surface area contributed by atoms with Crippen LogP contribution in [0.2, 0.25) is 0 Å². The Morgan fingerprint density at radius 2 is 1.87 bits per heavy atom. The van der Waals surface area contributed by atoms with Crippen LogP contribution in [-0.2, 0) is 17.6 Å². The predicted molar refractivity (Wildman–Crippen MR) is 147 cm³/mol. The van der Waals surface area contributed by atoms with Crippen LogP contribution in [0, 0.1) is 13.8 Å². The smallest absolute Gasteiger partial charge is 0.251 e. The zero-order valence-electron chi connectivity index (χ0n) is 21.1. The van der Waals surface area contributed by atoms with Crippen LogP contribution in [-0.4, -0.2) is 42.3 Å². The normalized spacial score (nSPS) is 11.9. The van der Waals surface area contributed by atoms with Crippen LogP contribution in [0.5, 0.6) is 0 Å². The summed E-state index contributed by atoms with van der Waals surface area (Å²) in [6, 6.07) is 14.8. The van der Waals surface area contributed by atoms with E-state index in [1.807, 2.05) is 62.5 Å². The van der Waals surface area contributed by atoms with Gasteiger partial charge >= 0.3 is 0 Å². The molecule has 2 aromatic carbocycles. The quantitative estimate of drug-likeness (QED) is 0.270. The Kier molecular flexibility index (Phi) is 7.47. The molecule has 0 bridgehead atoms. The zero-order valence-corrected chi connectivity index (χ0v) is 22.7. The third kappa shape index (κ3) is 5.90. The lowest BCUT2D eigenvalue weighted by molar-refractivity contribution is -0.117. The molecule has 11 heteroatoms. The first-order valence-corrected chi connectivity index (χ1v) is 13.7. The van der Waals surface area contributed by atoms with Crippen LogP contribution in [0.15, 0.2) is 53.9 Å². The van der Waals surface area contributed by atoms with Crippen molar-refractivity contribution in [2.75, 3.05) is 0 Å². The number of amides is 1. The number of benzene rings is 2. The van der Waals surface area contributed by atoms with Gasteiger partial charge in [-0.15, -0.1) is 32.9 Å². The summed E-state index contributed by atoms with van der Waals surface area (Å²) < 4.78 is 0. The second-order valence-corrected chi connectivity index (χ2v) is 11.1. The maximum Gasteiger partial charge on any atom is 0.251 e. The van der Waals surface area contributed by atoms with Crippen molar-refractivity contribution in [3.8, 4) is 22.0 Å². The molecule has 0 unspecified atom stereocenters. The first-order chi connectivity index (χ1) is 18.4. The van der Waals surface area contributed by atoms with Crippen molar-refractivity contribution in [1.82, 2.24) is 35.9 Å². The van der Waals surface area contributed by atoms with Crippen molar-refractivity contribution in [1.29, 1.82) is 0 Å². The highest BCUT2D eigenvalue weighted by molar-refractivity contribution is 7.16. The Morgan fingerprint density at radius 1 is 1.05 bits per heavy atom. The first kappa shape index (κ1) is 25.6. The van der Waals surface area contributed by atoms with Gasteiger partial charge in [-0.25, -0.2) is 9.97 Å². The first-order valence-electron chi connectivity index (χ1n) is 12.0. The van der Waals surface area contributed by atoms with E-state index in [-0.39, 0.29) is 30.6 Å². The van der Waals surface area contributed by atoms with Crippen LogP contribution in [0.1, 0.15) is 50.2 Å². The molecule has 0 aliphatic rings. The van der Waals surface area contributed by atoms with Gasteiger partial charge in [0.05, 0.1) is 33.7 Å². The highest BCUT2D eigenvalue weighted by atomic mass is 32.1. The number of aryl methyl sites for hydroxylation is 2. The average molecular weight is 544 g/mol. The molecule has 5 rings (SSSR count). The van der Waals surface area contributed by atoms with Crippen LogP contribution >= 0.6 is 22.7 Å². The average Bonchev–Trinajstić information content (AvgIpc) is 3.66. The zero-order chi connectivity index (χ0) is 26.6.